The number of hydrogen-bond donors (Lipinski definition) is 1. The maximum atomic E-state index is 5.93. The second-order valence-electron chi connectivity index (χ2n) is 5.06. The van der Waals surface area contributed by atoms with Crippen molar-refractivity contribution in [2.75, 3.05) is 0 Å². The van der Waals surface area contributed by atoms with Crippen molar-refractivity contribution in [1.29, 1.82) is 0 Å². The predicted octanol–water partition coefficient (Wildman–Crippen LogP) is 4.14. The second kappa shape index (κ2) is 5.23. The molecule has 4 rings (SSSR count). The zero-order valence-electron chi connectivity index (χ0n) is 11.4. The van der Waals surface area contributed by atoms with Gasteiger partial charge in [-0.1, -0.05) is 54.2 Å². The van der Waals surface area contributed by atoms with Gasteiger partial charge in [0.1, 0.15) is 16.9 Å². The molecule has 0 fully saturated rings. The molecule has 0 aliphatic carbocycles. The number of nitrogens with zero attached hydrogens (tertiary/aromatic N) is 1. The van der Waals surface area contributed by atoms with Crippen molar-refractivity contribution in [2.24, 2.45) is 4.99 Å². The highest BCUT2D eigenvalue weighted by molar-refractivity contribution is 7.80. The van der Waals surface area contributed by atoms with E-state index in [1.165, 1.54) is 0 Å². The Morgan fingerprint density at radius 2 is 1.86 bits per heavy atom. The zero-order valence-corrected chi connectivity index (χ0v) is 13.0. The Morgan fingerprint density at radius 3 is 2.68 bits per heavy atom. The number of benzene rings is 2. The van der Waals surface area contributed by atoms with Crippen molar-refractivity contribution >= 4 is 40.8 Å². The van der Waals surface area contributed by atoms with Gasteiger partial charge in [0.05, 0.1) is 5.57 Å². The number of halogens is 1. The van der Waals surface area contributed by atoms with Gasteiger partial charge in [-0.25, -0.2) is 4.99 Å². The van der Waals surface area contributed by atoms with Crippen LogP contribution in [0.4, 0.5) is 0 Å². The van der Waals surface area contributed by atoms with Crippen LogP contribution in [0.5, 0.6) is 5.75 Å². The molecule has 2 heterocycles. The van der Waals surface area contributed by atoms with Gasteiger partial charge in [0.2, 0.25) is 5.90 Å². The Hall–Kier alpha value is -2.17. The summed E-state index contributed by atoms with van der Waals surface area (Å²) in [5.41, 5.74) is 2.81. The van der Waals surface area contributed by atoms with Crippen LogP contribution in [-0.2, 0) is 0 Å². The lowest BCUT2D eigenvalue weighted by atomic mass is 10.0. The summed E-state index contributed by atoms with van der Waals surface area (Å²) in [5, 5.41) is 3.93. The van der Waals surface area contributed by atoms with E-state index in [9.17, 15) is 0 Å². The number of hydrogen-bond acceptors (Lipinski definition) is 3. The third kappa shape index (κ3) is 2.30. The van der Waals surface area contributed by atoms with E-state index in [-0.39, 0.29) is 6.17 Å². The number of aliphatic imine (C=N–C) groups is 1. The van der Waals surface area contributed by atoms with Gasteiger partial charge in [-0.15, -0.1) is 0 Å². The minimum absolute atomic E-state index is 0.262. The third-order valence-electron chi connectivity index (χ3n) is 3.60. The molecular weight excluding hydrogens is 316 g/mol. The molecule has 2 aliphatic rings. The molecule has 0 bridgehead atoms. The number of thiocarbonyl (C=S) groups is 1. The van der Waals surface area contributed by atoms with E-state index >= 15 is 0 Å². The van der Waals surface area contributed by atoms with Crippen LogP contribution < -0.4 is 10.1 Å². The first kappa shape index (κ1) is 13.5. The summed E-state index contributed by atoms with van der Waals surface area (Å²) in [5.74, 6) is 1.35. The fraction of sp³-hybridized carbons (Fsp3) is 0.0588. The van der Waals surface area contributed by atoms with Gasteiger partial charge in [0.15, 0.2) is 0 Å². The second-order valence-corrected chi connectivity index (χ2v) is 5.90. The van der Waals surface area contributed by atoms with Crippen LogP contribution in [0, 0.1) is 0 Å². The Morgan fingerprint density at radius 1 is 1.09 bits per heavy atom. The number of ether oxygens (including phenoxy) is 1. The summed E-state index contributed by atoms with van der Waals surface area (Å²) in [7, 11) is 0. The molecule has 2 aromatic rings. The van der Waals surface area contributed by atoms with E-state index in [1.807, 2.05) is 54.6 Å². The average molecular weight is 327 g/mol. The SMILES string of the molecule is S=C1NC(c2ccc(Cl)cc2)N=C2Oc3ccccc3C=C12. The Labute approximate surface area is 138 Å². The highest BCUT2D eigenvalue weighted by Gasteiger charge is 2.28. The van der Waals surface area contributed by atoms with Gasteiger partial charge in [-0.2, -0.15) is 0 Å². The molecular formula is C17H11ClN2OS. The third-order valence-corrected chi connectivity index (χ3v) is 4.19. The molecule has 2 aliphatic heterocycles. The van der Waals surface area contributed by atoms with E-state index in [1.54, 1.807) is 0 Å². The highest BCUT2D eigenvalue weighted by atomic mass is 35.5. The number of fused-ring (bicyclic) bond motifs is 2. The average Bonchev–Trinajstić information content (AvgIpc) is 2.54. The van der Waals surface area contributed by atoms with Crippen molar-refractivity contribution in [1.82, 2.24) is 5.32 Å². The van der Waals surface area contributed by atoms with E-state index in [2.05, 4.69) is 10.3 Å². The van der Waals surface area contributed by atoms with E-state index < -0.39 is 0 Å². The molecule has 22 heavy (non-hydrogen) atoms. The van der Waals surface area contributed by atoms with Crippen LogP contribution in [0.15, 0.2) is 59.1 Å². The van der Waals surface area contributed by atoms with Gasteiger partial charge in [-0.05, 0) is 29.8 Å². The fourth-order valence-corrected chi connectivity index (χ4v) is 2.87. The van der Waals surface area contributed by atoms with Crippen LogP contribution in [0.25, 0.3) is 6.08 Å². The van der Waals surface area contributed by atoms with Gasteiger partial charge < -0.3 is 10.1 Å². The molecule has 0 saturated carbocycles. The van der Waals surface area contributed by atoms with Crippen molar-refractivity contribution < 1.29 is 4.74 Å². The van der Waals surface area contributed by atoms with Crippen LogP contribution in [0.1, 0.15) is 17.3 Å². The predicted molar refractivity (Wildman–Crippen MR) is 92.4 cm³/mol. The Kier molecular flexibility index (Phi) is 3.21. The maximum Gasteiger partial charge on any atom is 0.227 e. The normalized spacial score (nSPS) is 19.1. The molecule has 5 heteroatoms. The van der Waals surface area contributed by atoms with Gasteiger partial charge in [-0.3, -0.25) is 0 Å². The highest BCUT2D eigenvalue weighted by Crippen LogP contribution is 2.31. The molecule has 0 radical (unpaired) electrons. The summed E-state index contributed by atoms with van der Waals surface area (Å²) >= 11 is 11.4. The van der Waals surface area contributed by atoms with Gasteiger partial charge in [0, 0.05) is 10.6 Å². The number of nitrogens with one attached hydrogen (secondary N) is 1. The fourth-order valence-electron chi connectivity index (χ4n) is 2.48. The molecule has 1 N–H and O–H groups in total. The Bertz CT molecular complexity index is 827. The van der Waals surface area contributed by atoms with Gasteiger partial charge in [0.25, 0.3) is 0 Å². The first-order chi connectivity index (χ1) is 10.7. The van der Waals surface area contributed by atoms with Crippen molar-refractivity contribution in [3.63, 3.8) is 0 Å². The minimum Gasteiger partial charge on any atom is -0.438 e. The van der Waals surface area contributed by atoms with Crippen LogP contribution >= 0.6 is 23.8 Å². The van der Waals surface area contributed by atoms with E-state index in [0.29, 0.717) is 15.9 Å². The first-order valence-corrected chi connectivity index (χ1v) is 7.62. The maximum absolute atomic E-state index is 5.93. The zero-order chi connectivity index (χ0) is 15.1. The van der Waals surface area contributed by atoms with Gasteiger partial charge >= 0.3 is 0 Å². The monoisotopic (exact) mass is 326 g/mol. The quantitative estimate of drug-likeness (QED) is 0.799. The smallest absolute Gasteiger partial charge is 0.227 e. The van der Waals surface area contributed by atoms with E-state index in [0.717, 1.165) is 22.4 Å². The van der Waals surface area contributed by atoms with Crippen molar-refractivity contribution in [3.05, 3.63) is 70.3 Å². The van der Waals surface area contributed by atoms with E-state index in [4.69, 9.17) is 28.6 Å². The Balaban J connectivity index is 1.75. The largest absolute Gasteiger partial charge is 0.438 e. The molecule has 0 aromatic heterocycles. The molecule has 0 amide bonds. The lowest BCUT2D eigenvalue weighted by Gasteiger charge is -2.28. The molecule has 0 spiro atoms. The van der Waals surface area contributed by atoms with Crippen molar-refractivity contribution in [3.8, 4) is 5.75 Å². The lowest BCUT2D eigenvalue weighted by Crippen LogP contribution is -2.38. The molecule has 0 saturated heterocycles. The number of para-hydroxylation sites is 1. The first-order valence-electron chi connectivity index (χ1n) is 6.84. The topological polar surface area (TPSA) is 33.6 Å². The standard InChI is InChI=1S/C17H11ClN2OS/c18-12-7-5-10(6-8-12)15-19-16-13(17(22)20-15)9-11-3-1-2-4-14(11)21-16/h1-9,15H,(H,20,22). The molecule has 1 unspecified atom stereocenters. The summed E-state index contributed by atoms with van der Waals surface area (Å²) in [6.07, 6.45) is 1.74. The van der Waals surface area contributed by atoms with Crippen molar-refractivity contribution in [2.45, 2.75) is 6.17 Å². The van der Waals surface area contributed by atoms with Crippen LogP contribution in [0.2, 0.25) is 5.02 Å². The molecule has 1 atom stereocenters. The number of rotatable bonds is 1. The summed E-state index contributed by atoms with van der Waals surface area (Å²) in [4.78, 5) is 5.28. The lowest BCUT2D eigenvalue weighted by molar-refractivity contribution is 0.523. The summed E-state index contributed by atoms with van der Waals surface area (Å²) in [6, 6.07) is 15.4. The summed E-state index contributed by atoms with van der Waals surface area (Å²) in [6.45, 7) is 0. The minimum atomic E-state index is -0.262. The molecule has 2 aromatic carbocycles. The molecule has 3 nitrogen and oxygen atoms in total. The molecule has 108 valence electrons. The van der Waals surface area contributed by atoms with Crippen LogP contribution in [-0.4, -0.2) is 10.9 Å². The van der Waals surface area contributed by atoms with Crippen LogP contribution in [0.3, 0.4) is 0 Å². The summed E-state index contributed by atoms with van der Waals surface area (Å²) < 4.78 is 5.91.